The second-order valence-electron chi connectivity index (χ2n) is 3.48. The van der Waals surface area contributed by atoms with Crippen molar-refractivity contribution in [3.63, 3.8) is 0 Å². The van der Waals surface area contributed by atoms with Gasteiger partial charge in [0.25, 0.3) is 5.56 Å². The van der Waals surface area contributed by atoms with Gasteiger partial charge in [-0.1, -0.05) is 18.9 Å². The number of pyridine rings is 1. The number of allylic oxidation sites excluding steroid dienone is 1. The first-order chi connectivity index (χ1) is 7.65. The summed E-state index contributed by atoms with van der Waals surface area (Å²) in [5, 5.41) is 0.884. The lowest BCUT2D eigenvalue weighted by Gasteiger charge is -2.06. The van der Waals surface area contributed by atoms with Crippen LogP contribution in [0.3, 0.4) is 0 Å². The first kappa shape index (κ1) is 11.5. The predicted molar refractivity (Wildman–Crippen MR) is 73.1 cm³/mol. The van der Waals surface area contributed by atoms with E-state index >= 15 is 0 Å². The molecule has 0 spiro atoms. The number of hydrogen-bond donors (Lipinski definition) is 1. The van der Waals surface area contributed by atoms with E-state index in [1.54, 1.807) is 20.8 Å². The Bertz CT molecular complexity index is 600. The molecule has 0 radical (unpaired) electrons. The maximum atomic E-state index is 12.1. The molecule has 0 fully saturated rings. The van der Waals surface area contributed by atoms with Crippen LogP contribution in [-0.2, 0) is 6.54 Å². The van der Waals surface area contributed by atoms with E-state index in [1.807, 2.05) is 12.3 Å². The minimum Gasteiger partial charge on any atom is -0.312 e. The Morgan fingerprint density at radius 2 is 2.31 bits per heavy atom. The minimum absolute atomic E-state index is 0.0277. The van der Waals surface area contributed by atoms with Gasteiger partial charge < -0.3 is 4.57 Å². The Morgan fingerprint density at radius 1 is 1.56 bits per heavy atom. The number of fused-ring (bicyclic) bond motifs is 1. The zero-order valence-corrected chi connectivity index (χ0v) is 11.0. The normalized spacial score (nSPS) is 10.9. The van der Waals surface area contributed by atoms with Gasteiger partial charge >= 0.3 is 0 Å². The summed E-state index contributed by atoms with van der Waals surface area (Å²) >= 11 is 7.67. The van der Waals surface area contributed by atoms with Crippen LogP contribution in [0, 0.1) is 0 Å². The fourth-order valence-corrected chi connectivity index (χ4v) is 2.45. The van der Waals surface area contributed by atoms with Crippen molar-refractivity contribution < 1.29 is 0 Å². The van der Waals surface area contributed by atoms with Crippen LogP contribution in [0.4, 0.5) is 0 Å². The molecule has 0 bridgehead atoms. The summed E-state index contributed by atoms with van der Waals surface area (Å²) in [5.74, 6) is 0. The summed E-state index contributed by atoms with van der Waals surface area (Å²) in [6, 6.07) is 1.87. The molecule has 2 aromatic rings. The van der Waals surface area contributed by atoms with E-state index in [2.05, 4.69) is 35.3 Å². The zero-order chi connectivity index (χ0) is 11.7. The third-order valence-corrected chi connectivity index (χ3v) is 3.40. The van der Waals surface area contributed by atoms with E-state index in [4.69, 9.17) is 0 Å². The smallest absolute Gasteiger partial charge is 0.276 e. The summed E-state index contributed by atoms with van der Waals surface area (Å²) in [7, 11) is 0. The largest absolute Gasteiger partial charge is 0.312 e. The molecule has 3 nitrogen and oxygen atoms in total. The Labute approximate surface area is 107 Å². The molecule has 2 heterocycles. The van der Waals surface area contributed by atoms with E-state index in [0.29, 0.717) is 12.1 Å². The van der Waals surface area contributed by atoms with Gasteiger partial charge in [-0.2, -0.15) is 0 Å². The molecule has 0 aliphatic heterocycles. The van der Waals surface area contributed by atoms with Crippen LogP contribution in [0.25, 0.3) is 10.9 Å². The number of nitrogens with zero attached hydrogens (tertiary/aromatic N) is 2. The highest BCUT2D eigenvalue weighted by Crippen LogP contribution is 2.22. The van der Waals surface area contributed by atoms with Crippen molar-refractivity contribution in [3.05, 3.63) is 45.9 Å². The lowest BCUT2D eigenvalue weighted by atomic mass is 10.3. The fraction of sp³-hybridized carbons (Fsp3) is 0.182. The molecule has 16 heavy (non-hydrogen) atoms. The van der Waals surface area contributed by atoms with E-state index < -0.39 is 0 Å². The molecule has 2 aromatic heterocycles. The van der Waals surface area contributed by atoms with Gasteiger partial charge in [0, 0.05) is 28.8 Å². The molecule has 0 N–H and O–H groups in total. The number of rotatable bonds is 3. The molecular formula is C11H11BrN2OS. The molecule has 0 amide bonds. The summed E-state index contributed by atoms with van der Waals surface area (Å²) in [6.07, 6.45) is 6.13. The molecule has 0 unspecified atom stereocenters. The van der Waals surface area contributed by atoms with Crippen LogP contribution in [0.1, 0.15) is 6.42 Å². The fourth-order valence-electron chi connectivity index (χ4n) is 1.63. The zero-order valence-electron chi connectivity index (χ0n) is 8.56. The van der Waals surface area contributed by atoms with Crippen LogP contribution >= 0.6 is 28.7 Å². The van der Waals surface area contributed by atoms with Gasteiger partial charge in [0.15, 0.2) is 0 Å². The van der Waals surface area contributed by atoms with Crippen LogP contribution in [0.2, 0.25) is 0 Å². The molecule has 0 atom stereocenters. The lowest BCUT2D eigenvalue weighted by molar-refractivity contribution is 0.684. The predicted octanol–water partition coefficient (Wildman–Crippen LogP) is 2.83. The van der Waals surface area contributed by atoms with Crippen LogP contribution in [0.5, 0.6) is 0 Å². The van der Waals surface area contributed by atoms with Crippen molar-refractivity contribution in [1.29, 1.82) is 0 Å². The van der Waals surface area contributed by atoms with Crippen LogP contribution < -0.4 is 5.56 Å². The molecule has 0 aliphatic rings. The lowest BCUT2D eigenvalue weighted by Crippen LogP contribution is -2.20. The van der Waals surface area contributed by atoms with Crippen LogP contribution in [0.15, 0.2) is 40.4 Å². The van der Waals surface area contributed by atoms with E-state index in [9.17, 15) is 4.79 Å². The second-order valence-corrected chi connectivity index (χ2v) is 4.76. The minimum atomic E-state index is -0.0277. The Balaban J connectivity index is 2.68. The monoisotopic (exact) mass is 298 g/mol. The molecule has 0 aromatic carbocycles. The molecule has 0 saturated heterocycles. The number of aromatic nitrogens is 2. The highest BCUT2D eigenvalue weighted by Gasteiger charge is 2.09. The highest BCUT2D eigenvalue weighted by atomic mass is 79.9. The first-order valence-electron chi connectivity index (χ1n) is 4.85. The average Bonchev–Trinajstić information content (AvgIpc) is 2.64. The number of halogens is 1. The molecule has 0 saturated carbocycles. The molecule has 0 aliphatic carbocycles. The first-order valence-corrected chi connectivity index (χ1v) is 6.04. The molecule has 84 valence electrons. The topological polar surface area (TPSA) is 26.9 Å². The summed E-state index contributed by atoms with van der Waals surface area (Å²) in [6.45, 7) is 4.29. The van der Waals surface area contributed by atoms with Crippen molar-refractivity contribution in [3.8, 4) is 0 Å². The Kier molecular flexibility index (Phi) is 3.25. The van der Waals surface area contributed by atoms with Gasteiger partial charge in [-0.05, 0) is 28.4 Å². The van der Waals surface area contributed by atoms with E-state index in [1.165, 1.54) is 0 Å². The van der Waals surface area contributed by atoms with E-state index in [-0.39, 0.29) is 5.56 Å². The number of aryl methyl sites for hydroxylation is 1. The second kappa shape index (κ2) is 4.51. The number of thiol groups is 1. The summed E-state index contributed by atoms with van der Waals surface area (Å²) < 4.78 is 4.12. The SMILES string of the molecule is C=CCCn1cc(Br)c2ccn(S)c2c1=O. The quantitative estimate of drug-likeness (QED) is 0.685. The van der Waals surface area contributed by atoms with Crippen LogP contribution in [-0.4, -0.2) is 8.54 Å². The van der Waals surface area contributed by atoms with Crippen molar-refractivity contribution in [1.82, 2.24) is 8.54 Å². The van der Waals surface area contributed by atoms with Crippen molar-refractivity contribution in [2.45, 2.75) is 13.0 Å². The van der Waals surface area contributed by atoms with Gasteiger partial charge in [-0.15, -0.1) is 6.58 Å². The Morgan fingerprint density at radius 3 is 3.00 bits per heavy atom. The van der Waals surface area contributed by atoms with Crippen molar-refractivity contribution >= 4 is 39.6 Å². The van der Waals surface area contributed by atoms with E-state index in [0.717, 1.165) is 16.3 Å². The molecule has 2 rings (SSSR count). The number of hydrogen-bond acceptors (Lipinski definition) is 2. The summed E-state index contributed by atoms with van der Waals surface area (Å²) in [4.78, 5) is 12.1. The maximum absolute atomic E-state index is 12.1. The summed E-state index contributed by atoms with van der Waals surface area (Å²) in [5.41, 5.74) is 0.571. The van der Waals surface area contributed by atoms with Gasteiger partial charge in [-0.3, -0.25) is 8.77 Å². The maximum Gasteiger partial charge on any atom is 0.276 e. The third kappa shape index (κ3) is 1.85. The van der Waals surface area contributed by atoms with Crippen molar-refractivity contribution in [2.24, 2.45) is 0 Å². The molecular weight excluding hydrogens is 288 g/mol. The van der Waals surface area contributed by atoms with Gasteiger partial charge in [0.05, 0.1) is 0 Å². The third-order valence-electron chi connectivity index (χ3n) is 2.43. The average molecular weight is 299 g/mol. The standard InChI is InChI=1S/C11H11BrN2OS/c1-2-3-5-13-7-9(12)8-4-6-14(16)10(8)11(13)15/h2,4,6-7,16H,1,3,5H2. The van der Waals surface area contributed by atoms with Gasteiger partial charge in [0.2, 0.25) is 0 Å². The van der Waals surface area contributed by atoms with Crippen molar-refractivity contribution in [2.75, 3.05) is 0 Å². The van der Waals surface area contributed by atoms with Gasteiger partial charge in [0.1, 0.15) is 5.52 Å². The van der Waals surface area contributed by atoms with Gasteiger partial charge in [-0.25, -0.2) is 0 Å². The Hall–Kier alpha value is -0.940. The molecule has 5 heteroatoms. The highest BCUT2D eigenvalue weighted by molar-refractivity contribution is 9.10.